The average molecular weight is 286 g/mol. The van der Waals surface area contributed by atoms with Crippen molar-refractivity contribution in [2.45, 2.75) is 6.42 Å². The SMILES string of the molecule is Cn1nc(CC(=O)c2ccc(Cl)nc2)c2ccccc21. The first-order chi connectivity index (χ1) is 9.65. The third kappa shape index (κ3) is 2.30. The first-order valence-corrected chi connectivity index (χ1v) is 6.58. The van der Waals surface area contributed by atoms with Crippen molar-refractivity contribution in [1.29, 1.82) is 0 Å². The second kappa shape index (κ2) is 5.06. The molecule has 3 aromatic rings. The van der Waals surface area contributed by atoms with Gasteiger partial charge in [0.25, 0.3) is 0 Å². The van der Waals surface area contributed by atoms with E-state index in [1.54, 1.807) is 16.8 Å². The molecule has 0 aliphatic rings. The number of aryl methyl sites for hydroxylation is 1. The van der Waals surface area contributed by atoms with E-state index in [1.807, 2.05) is 31.3 Å². The van der Waals surface area contributed by atoms with Crippen LogP contribution in [-0.4, -0.2) is 20.5 Å². The smallest absolute Gasteiger partial charge is 0.170 e. The summed E-state index contributed by atoms with van der Waals surface area (Å²) in [5.41, 5.74) is 2.34. The van der Waals surface area contributed by atoms with Crippen LogP contribution >= 0.6 is 11.6 Å². The molecule has 0 atom stereocenters. The average Bonchev–Trinajstić information content (AvgIpc) is 2.77. The van der Waals surface area contributed by atoms with Gasteiger partial charge in [0.05, 0.1) is 17.6 Å². The first-order valence-electron chi connectivity index (χ1n) is 6.20. The van der Waals surface area contributed by atoms with Gasteiger partial charge in [-0.1, -0.05) is 29.8 Å². The second-order valence-corrected chi connectivity index (χ2v) is 4.94. The standard InChI is InChI=1S/C15H12ClN3O/c1-19-13-5-3-2-4-11(13)12(18-19)8-14(20)10-6-7-15(16)17-9-10/h2-7,9H,8H2,1H3. The van der Waals surface area contributed by atoms with Gasteiger partial charge in [-0.2, -0.15) is 5.10 Å². The van der Waals surface area contributed by atoms with Crippen LogP contribution in [-0.2, 0) is 13.5 Å². The van der Waals surface area contributed by atoms with Crippen molar-refractivity contribution in [2.24, 2.45) is 7.05 Å². The quantitative estimate of drug-likeness (QED) is 0.549. The summed E-state index contributed by atoms with van der Waals surface area (Å²) in [5, 5.41) is 5.81. The van der Waals surface area contributed by atoms with Crippen LogP contribution in [0.15, 0.2) is 42.6 Å². The van der Waals surface area contributed by atoms with E-state index in [-0.39, 0.29) is 12.2 Å². The number of rotatable bonds is 3. The molecule has 2 aromatic heterocycles. The molecule has 5 heteroatoms. The van der Waals surface area contributed by atoms with Crippen molar-refractivity contribution >= 4 is 28.3 Å². The van der Waals surface area contributed by atoms with E-state index >= 15 is 0 Å². The van der Waals surface area contributed by atoms with E-state index in [2.05, 4.69) is 10.1 Å². The Labute approximate surface area is 121 Å². The summed E-state index contributed by atoms with van der Waals surface area (Å²) in [6.07, 6.45) is 1.75. The summed E-state index contributed by atoms with van der Waals surface area (Å²) in [5.74, 6) is -0.0157. The molecule has 4 nitrogen and oxygen atoms in total. The Hall–Kier alpha value is -2.20. The Morgan fingerprint density at radius 1 is 1.25 bits per heavy atom. The van der Waals surface area contributed by atoms with Crippen molar-refractivity contribution in [3.05, 3.63) is 59.0 Å². The lowest BCUT2D eigenvalue weighted by Crippen LogP contribution is -2.05. The zero-order valence-electron chi connectivity index (χ0n) is 10.9. The maximum atomic E-state index is 12.2. The van der Waals surface area contributed by atoms with E-state index in [0.717, 1.165) is 16.6 Å². The van der Waals surface area contributed by atoms with Crippen molar-refractivity contribution in [2.75, 3.05) is 0 Å². The molecule has 100 valence electrons. The van der Waals surface area contributed by atoms with Gasteiger partial charge in [0.15, 0.2) is 5.78 Å². The Morgan fingerprint density at radius 3 is 2.80 bits per heavy atom. The van der Waals surface area contributed by atoms with E-state index < -0.39 is 0 Å². The molecule has 3 rings (SSSR count). The minimum absolute atomic E-state index is 0.0157. The van der Waals surface area contributed by atoms with Crippen molar-refractivity contribution in [3.8, 4) is 0 Å². The minimum Gasteiger partial charge on any atom is -0.294 e. The lowest BCUT2D eigenvalue weighted by Gasteiger charge is -1.99. The van der Waals surface area contributed by atoms with Crippen LogP contribution in [0.25, 0.3) is 10.9 Å². The zero-order chi connectivity index (χ0) is 14.1. The first kappa shape index (κ1) is 12.8. The molecular formula is C15H12ClN3O. The van der Waals surface area contributed by atoms with Crippen LogP contribution in [0.5, 0.6) is 0 Å². The number of halogens is 1. The minimum atomic E-state index is -0.0157. The normalized spacial score (nSPS) is 10.9. The largest absolute Gasteiger partial charge is 0.294 e. The molecular weight excluding hydrogens is 274 g/mol. The maximum absolute atomic E-state index is 12.2. The van der Waals surface area contributed by atoms with Gasteiger partial charge in [0.2, 0.25) is 0 Å². The zero-order valence-corrected chi connectivity index (χ0v) is 11.6. The van der Waals surface area contributed by atoms with E-state index in [9.17, 15) is 4.79 Å². The maximum Gasteiger partial charge on any atom is 0.170 e. The molecule has 0 saturated carbocycles. The molecule has 0 aliphatic heterocycles. The molecule has 0 spiro atoms. The summed E-state index contributed by atoms with van der Waals surface area (Å²) in [4.78, 5) is 16.2. The summed E-state index contributed by atoms with van der Waals surface area (Å²) >= 11 is 5.72. The molecule has 0 radical (unpaired) electrons. The second-order valence-electron chi connectivity index (χ2n) is 4.56. The van der Waals surface area contributed by atoms with E-state index in [4.69, 9.17) is 11.6 Å². The molecule has 0 bridgehead atoms. The van der Waals surface area contributed by atoms with Gasteiger partial charge >= 0.3 is 0 Å². The fraction of sp³-hybridized carbons (Fsp3) is 0.133. The van der Waals surface area contributed by atoms with Crippen LogP contribution in [0, 0.1) is 0 Å². The number of ketones is 1. The molecule has 0 N–H and O–H groups in total. The van der Waals surface area contributed by atoms with Crippen LogP contribution in [0.4, 0.5) is 0 Å². The lowest BCUT2D eigenvalue weighted by atomic mass is 10.1. The van der Waals surface area contributed by atoms with Crippen LogP contribution in [0.3, 0.4) is 0 Å². The van der Waals surface area contributed by atoms with Gasteiger partial charge in [0, 0.05) is 24.2 Å². The van der Waals surface area contributed by atoms with Gasteiger partial charge in [0.1, 0.15) is 5.15 Å². The summed E-state index contributed by atoms with van der Waals surface area (Å²) < 4.78 is 1.79. The fourth-order valence-corrected chi connectivity index (χ4v) is 2.33. The monoisotopic (exact) mass is 285 g/mol. The van der Waals surface area contributed by atoms with Crippen molar-refractivity contribution in [1.82, 2.24) is 14.8 Å². The topological polar surface area (TPSA) is 47.8 Å². The molecule has 0 aliphatic carbocycles. The number of pyridine rings is 1. The molecule has 0 unspecified atom stereocenters. The lowest BCUT2D eigenvalue weighted by molar-refractivity contribution is 0.0992. The van der Waals surface area contributed by atoms with Crippen LogP contribution < -0.4 is 0 Å². The van der Waals surface area contributed by atoms with Gasteiger partial charge in [-0.05, 0) is 18.2 Å². The molecule has 0 fully saturated rings. The highest BCUT2D eigenvalue weighted by Crippen LogP contribution is 2.19. The number of Topliss-reactive ketones (excluding diaryl/α,β-unsaturated/α-hetero) is 1. The number of aromatic nitrogens is 3. The predicted octanol–water partition coefficient (Wildman–Crippen LogP) is 3.05. The van der Waals surface area contributed by atoms with Crippen LogP contribution in [0.1, 0.15) is 16.1 Å². The van der Waals surface area contributed by atoms with Crippen molar-refractivity contribution in [3.63, 3.8) is 0 Å². The molecule has 1 aromatic carbocycles. The number of hydrogen-bond acceptors (Lipinski definition) is 3. The molecule has 2 heterocycles. The number of para-hydroxylation sites is 1. The summed E-state index contributed by atoms with van der Waals surface area (Å²) in [7, 11) is 1.88. The van der Waals surface area contributed by atoms with Gasteiger partial charge in [-0.15, -0.1) is 0 Å². The molecule has 20 heavy (non-hydrogen) atoms. The number of fused-ring (bicyclic) bond motifs is 1. The number of nitrogens with zero attached hydrogens (tertiary/aromatic N) is 3. The Morgan fingerprint density at radius 2 is 2.05 bits per heavy atom. The number of carbonyl (C=O) groups is 1. The molecule has 0 amide bonds. The number of carbonyl (C=O) groups excluding carboxylic acids is 1. The number of hydrogen-bond donors (Lipinski definition) is 0. The Kier molecular flexibility index (Phi) is 3.24. The predicted molar refractivity (Wildman–Crippen MR) is 78.0 cm³/mol. The Balaban J connectivity index is 1.93. The summed E-state index contributed by atoms with van der Waals surface area (Å²) in [6, 6.07) is 11.2. The third-order valence-corrected chi connectivity index (χ3v) is 3.44. The highest BCUT2D eigenvalue weighted by Gasteiger charge is 2.13. The van der Waals surface area contributed by atoms with Gasteiger partial charge in [-0.25, -0.2) is 4.98 Å². The highest BCUT2D eigenvalue weighted by atomic mass is 35.5. The van der Waals surface area contributed by atoms with E-state index in [0.29, 0.717) is 10.7 Å². The molecule has 0 saturated heterocycles. The highest BCUT2D eigenvalue weighted by molar-refractivity contribution is 6.29. The third-order valence-electron chi connectivity index (χ3n) is 3.21. The van der Waals surface area contributed by atoms with E-state index in [1.165, 1.54) is 6.20 Å². The Bertz CT molecular complexity index is 777. The van der Waals surface area contributed by atoms with Gasteiger partial charge < -0.3 is 0 Å². The van der Waals surface area contributed by atoms with Crippen molar-refractivity contribution < 1.29 is 4.79 Å². The van der Waals surface area contributed by atoms with Gasteiger partial charge in [-0.3, -0.25) is 9.48 Å². The van der Waals surface area contributed by atoms with Crippen LogP contribution in [0.2, 0.25) is 5.15 Å². The fourth-order valence-electron chi connectivity index (χ4n) is 2.21. The number of benzene rings is 1. The summed E-state index contributed by atoms with van der Waals surface area (Å²) in [6.45, 7) is 0.